The van der Waals surface area contributed by atoms with E-state index in [1.165, 1.54) is 0 Å². The van der Waals surface area contributed by atoms with E-state index >= 15 is 0 Å². The van der Waals surface area contributed by atoms with Gasteiger partial charge in [0.15, 0.2) is 0 Å². The maximum absolute atomic E-state index is 12.9. The number of hydrogen-bond donors (Lipinski definition) is 1. The molecule has 8 nitrogen and oxygen atoms in total. The van der Waals surface area contributed by atoms with Crippen LogP contribution in [0.3, 0.4) is 0 Å². The fraction of sp³-hybridized carbons (Fsp3) is 0.333. The molecule has 3 rings (SSSR count). The zero-order valence-corrected chi connectivity index (χ0v) is 14.4. The Hall–Kier alpha value is -3.18. The highest BCUT2D eigenvalue weighted by Gasteiger charge is 2.33. The third-order valence-corrected chi connectivity index (χ3v) is 4.23. The summed E-state index contributed by atoms with van der Waals surface area (Å²) in [6, 6.07) is 9.77. The van der Waals surface area contributed by atoms with Crippen LogP contribution in [-0.4, -0.2) is 53.3 Å². The third-order valence-electron chi connectivity index (χ3n) is 4.23. The molecule has 0 saturated heterocycles. The van der Waals surface area contributed by atoms with Crippen molar-refractivity contribution in [3.63, 3.8) is 0 Å². The summed E-state index contributed by atoms with van der Waals surface area (Å²) in [6.07, 6.45) is 1.62. The second-order valence-electron chi connectivity index (χ2n) is 5.95. The fourth-order valence-corrected chi connectivity index (χ4v) is 2.94. The molecular weight excluding hydrogens is 334 g/mol. The maximum Gasteiger partial charge on any atom is 0.254 e. The standard InChI is InChI=1S/C18H19N5O3/c1-26-8-7-20-17(24)16-12-22(11-15-5-6-21-23(15)16)18(25)14-4-2-3-13(9-14)10-19/h2-6,9,16H,7-8,11-12H2,1H3,(H,20,24)/t16-/m0/s1. The van der Waals surface area contributed by atoms with E-state index in [4.69, 9.17) is 10.00 Å². The average Bonchev–Trinajstić information content (AvgIpc) is 3.15. The normalized spacial score (nSPS) is 15.8. The summed E-state index contributed by atoms with van der Waals surface area (Å²) in [5, 5.41) is 16.0. The van der Waals surface area contributed by atoms with Crippen LogP contribution in [0.1, 0.15) is 27.7 Å². The van der Waals surface area contributed by atoms with Gasteiger partial charge < -0.3 is 15.0 Å². The van der Waals surface area contributed by atoms with Crippen molar-refractivity contribution >= 4 is 11.8 Å². The zero-order chi connectivity index (χ0) is 18.5. The molecule has 1 aliphatic rings. The molecule has 1 atom stereocenters. The molecule has 2 aromatic rings. The first-order chi connectivity index (χ1) is 12.6. The van der Waals surface area contributed by atoms with E-state index in [2.05, 4.69) is 10.4 Å². The van der Waals surface area contributed by atoms with E-state index in [-0.39, 0.29) is 18.4 Å². The molecule has 1 aliphatic heterocycles. The van der Waals surface area contributed by atoms with Crippen molar-refractivity contribution in [2.45, 2.75) is 12.6 Å². The number of nitrogens with one attached hydrogen (secondary N) is 1. The molecule has 26 heavy (non-hydrogen) atoms. The van der Waals surface area contributed by atoms with Gasteiger partial charge in [0, 0.05) is 25.4 Å². The minimum atomic E-state index is -0.603. The predicted molar refractivity (Wildman–Crippen MR) is 92.0 cm³/mol. The van der Waals surface area contributed by atoms with Crippen molar-refractivity contribution in [2.24, 2.45) is 0 Å². The van der Waals surface area contributed by atoms with Crippen molar-refractivity contribution < 1.29 is 14.3 Å². The summed E-state index contributed by atoms with van der Waals surface area (Å²) >= 11 is 0. The molecule has 0 spiro atoms. The Bertz CT molecular complexity index is 855. The number of fused-ring (bicyclic) bond motifs is 1. The Kier molecular flexibility index (Phi) is 5.29. The minimum Gasteiger partial charge on any atom is -0.383 e. The average molecular weight is 353 g/mol. The van der Waals surface area contributed by atoms with Crippen molar-refractivity contribution in [1.82, 2.24) is 20.0 Å². The highest BCUT2D eigenvalue weighted by Crippen LogP contribution is 2.22. The first-order valence-corrected chi connectivity index (χ1v) is 8.22. The number of ether oxygens (including phenoxy) is 1. The second kappa shape index (κ2) is 7.80. The lowest BCUT2D eigenvalue weighted by Crippen LogP contribution is -2.47. The number of hydrogen-bond acceptors (Lipinski definition) is 5. The van der Waals surface area contributed by atoms with E-state index in [0.29, 0.717) is 30.8 Å². The van der Waals surface area contributed by atoms with Crippen LogP contribution in [0, 0.1) is 11.3 Å². The lowest BCUT2D eigenvalue weighted by atomic mass is 10.1. The van der Waals surface area contributed by atoms with Gasteiger partial charge in [0.25, 0.3) is 5.91 Å². The minimum absolute atomic E-state index is 0.211. The van der Waals surface area contributed by atoms with Crippen LogP contribution in [0.2, 0.25) is 0 Å². The Morgan fingerprint density at radius 2 is 2.27 bits per heavy atom. The van der Waals surface area contributed by atoms with Gasteiger partial charge in [-0.15, -0.1) is 0 Å². The van der Waals surface area contributed by atoms with Gasteiger partial charge in [0.1, 0.15) is 6.04 Å². The molecule has 2 heterocycles. The van der Waals surface area contributed by atoms with Crippen LogP contribution >= 0.6 is 0 Å². The van der Waals surface area contributed by atoms with Gasteiger partial charge in [-0.25, -0.2) is 0 Å². The SMILES string of the molecule is COCCNC(=O)[C@@H]1CN(C(=O)c2cccc(C#N)c2)Cc2ccnn21. The van der Waals surface area contributed by atoms with Gasteiger partial charge in [-0.2, -0.15) is 10.4 Å². The van der Waals surface area contributed by atoms with Crippen LogP contribution in [0.5, 0.6) is 0 Å². The molecular formula is C18H19N5O3. The van der Waals surface area contributed by atoms with Crippen LogP contribution in [-0.2, 0) is 16.1 Å². The highest BCUT2D eigenvalue weighted by molar-refractivity contribution is 5.95. The van der Waals surface area contributed by atoms with Crippen molar-refractivity contribution in [3.8, 4) is 6.07 Å². The van der Waals surface area contributed by atoms with E-state index in [1.807, 2.05) is 6.07 Å². The number of nitriles is 1. The fourth-order valence-electron chi connectivity index (χ4n) is 2.94. The molecule has 0 radical (unpaired) electrons. The van der Waals surface area contributed by atoms with Gasteiger partial charge in [0.2, 0.25) is 5.91 Å². The van der Waals surface area contributed by atoms with Crippen LogP contribution in [0.15, 0.2) is 36.5 Å². The van der Waals surface area contributed by atoms with E-state index in [9.17, 15) is 9.59 Å². The number of nitrogens with zero attached hydrogens (tertiary/aromatic N) is 4. The van der Waals surface area contributed by atoms with Gasteiger partial charge in [-0.05, 0) is 24.3 Å². The zero-order valence-electron chi connectivity index (χ0n) is 14.4. The number of aromatic nitrogens is 2. The Morgan fingerprint density at radius 3 is 3.04 bits per heavy atom. The Morgan fingerprint density at radius 1 is 1.42 bits per heavy atom. The summed E-state index contributed by atoms with van der Waals surface area (Å²) in [5.41, 5.74) is 1.63. The first-order valence-electron chi connectivity index (χ1n) is 8.22. The Balaban J connectivity index is 1.81. The van der Waals surface area contributed by atoms with Crippen molar-refractivity contribution in [1.29, 1.82) is 5.26 Å². The van der Waals surface area contributed by atoms with Crippen LogP contribution < -0.4 is 5.32 Å². The molecule has 0 bridgehead atoms. The smallest absolute Gasteiger partial charge is 0.254 e. The van der Waals surface area contributed by atoms with Crippen molar-refractivity contribution in [3.05, 3.63) is 53.3 Å². The molecule has 1 aromatic heterocycles. The summed E-state index contributed by atoms with van der Waals surface area (Å²) < 4.78 is 6.60. The monoisotopic (exact) mass is 353 g/mol. The quantitative estimate of drug-likeness (QED) is 0.798. The third kappa shape index (κ3) is 3.58. The van der Waals surface area contributed by atoms with E-state index in [0.717, 1.165) is 5.69 Å². The molecule has 0 aliphatic carbocycles. The van der Waals surface area contributed by atoms with Gasteiger partial charge in [0.05, 0.1) is 37.0 Å². The summed E-state index contributed by atoms with van der Waals surface area (Å²) in [5.74, 6) is -0.431. The molecule has 2 amide bonds. The van der Waals surface area contributed by atoms with Crippen molar-refractivity contribution in [2.75, 3.05) is 26.8 Å². The summed E-state index contributed by atoms with van der Waals surface area (Å²) in [6.45, 7) is 1.37. The number of benzene rings is 1. The van der Waals surface area contributed by atoms with E-state index in [1.54, 1.807) is 53.2 Å². The molecule has 134 valence electrons. The lowest BCUT2D eigenvalue weighted by molar-refractivity contribution is -0.125. The number of carbonyl (C=O) groups excluding carboxylic acids is 2. The van der Waals surface area contributed by atoms with Crippen LogP contribution in [0.4, 0.5) is 0 Å². The summed E-state index contributed by atoms with van der Waals surface area (Å²) in [7, 11) is 1.56. The number of methoxy groups -OCH3 is 1. The van der Waals surface area contributed by atoms with Gasteiger partial charge in [-0.3, -0.25) is 14.3 Å². The van der Waals surface area contributed by atoms with Gasteiger partial charge in [-0.1, -0.05) is 6.07 Å². The molecule has 1 N–H and O–H groups in total. The van der Waals surface area contributed by atoms with Gasteiger partial charge >= 0.3 is 0 Å². The number of carbonyl (C=O) groups is 2. The highest BCUT2D eigenvalue weighted by atomic mass is 16.5. The molecule has 0 unspecified atom stereocenters. The predicted octanol–water partition coefficient (Wildman–Crippen LogP) is 0.714. The number of amides is 2. The first kappa shape index (κ1) is 17.6. The molecule has 0 saturated carbocycles. The second-order valence-corrected chi connectivity index (χ2v) is 5.95. The van der Waals surface area contributed by atoms with E-state index < -0.39 is 6.04 Å². The number of rotatable bonds is 5. The molecule has 1 aromatic carbocycles. The van der Waals surface area contributed by atoms with Crippen LogP contribution in [0.25, 0.3) is 0 Å². The Labute approximate surface area is 151 Å². The lowest BCUT2D eigenvalue weighted by Gasteiger charge is -2.33. The molecule has 0 fully saturated rings. The largest absolute Gasteiger partial charge is 0.383 e. The molecule has 8 heteroatoms. The maximum atomic E-state index is 12.9. The topological polar surface area (TPSA) is 100 Å². The summed E-state index contributed by atoms with van der Waals surface area (Å²) in [4.78, 5) is 27.0.